The van der Waals surface area contributed by atoms with E-state index in [9.17, 15) is 4.79 Å². The van der Waals surface area contributed by atoms with Crippen LogP contribution in [0, 0.1) is 11.8 Å². The highest BCUT2D eigenvalue weighted by atomic mass is 16.4. The molecule has 3 heteroatoms. The van der Waals surface area contributed by atoms with Crippen molar-refractivity contribution in [2.75, 3.05) is 6.54 Å². The van der Waals surface area contributed by atoms with Crippen molar-refractivity contribution >= 4 is 5.97 Å². The van der Waals surface area contributed by atoms with Gasteiger partial charge in [-0.25, -0.2) is 0 Å². The molecule has 2 atom stereocenters. The van der Waals surface area contributed by atoms with E-state index in [4.69, 9.17) is 5.11 Å². The summed E-state index contributed by atoms with van der Waals surface area (Å²) in [4.78, 5) is 13.5. The van der Waals surface area contributed by atoms with Gasteiger partial charge in [0.1, 0.15) is 0 Å². The fraction of sp³-hybridized carbons (Fsp3) is 0.923. The number of rotatable bonds is 4. The van der Waals surface area contributed by atoms with Gasteiger partial charge in [0, 0.05) is 18.5 Å². The van der Waals surface area contributed by atoms with Gasteiger partial charge in [0.05, 0.1) is 0 Å². The van der Waals surface area contributed by atoms with Crippen LogP contribution in [0.15, 0.2) is 0 Å². The lowest BCUT2D eigenvalue weighted by Gasteiger charge is -2.43. The predicted octanol–water partition coefficient (Wildman–Crippen LogP) is 2.36. The fourth-order valence-electron chi connectivity index (χ4n) is 3.33. The molecule has 1 aliphatic heterocycles. The Morgan fingerprint density at radius 2 is 2.06 bits per heavy atom. The minimum atomic E-state index is -0.631. The molecule has 0 aromatic carbocycles. The Bertz CT molecular complexity index is 261. The second-order valence-electron chi connectivity index (χ2n) is 5.70. The Hall–Kier alpha value is -0.570. The number of likely N-dealkylation sites (tertiary alicyclic amines) is 1. The summed E-state index contributed by atoms with van der Waals surface area (Å²) in [7, 11) is 0. The fourth-order valence-corrected chi connectivity index (χ4v) is 3.33. The molecular weight excluding hydrogens is 202 g/mol. The smallest absolute Gasteiger partial charge is 0.303 e. The summed E-state index contributed by atoms with van der Waals surface area (Å²) in [5, 5.41) is 8.99. The van der Waals surface area contributed by atoms with E-state index in [-0.39, 0.29) is 0 Å². The van der Waals surface area contributed by atoms with Crippen molar-refractivity contribution in [2.24, 2.45) is 11.8 Å². The maximum absolute atomic E-state index is 10.9. The van der Waals surface area contributed by atoms with E-state index >= 15 is 0 Å². The molecule has 0 spiro atoms. The highest BCUT2D eigenvalue weighted by Crippen LogP contribution is 2.38. The van der Waals surface area contributed by atoms with Gasteiger partial charge in [0.2, 0.25) is 0 Å². The summed E-state index contributed by atoms with van der Waals surface area (Å²) in [6.45, 7) is 5.66. The van der Waals surface area contributed by atoms with Crippen LogP contribution in [0.1, 0.15) is 46.0 Å². The minimum absolute atomic E-state index is 0.353. The van der Waals surface area contributed by atoms with Crippen molar-refractivity contribution < 1.29 is 9.90 Å². The standard InChI is InChI=1S/C13H23NO2/c1-9(2)13-10(8-12(15)16)4-3-7-14(13)11-5-6-11/h9-11,13H,3-8H2,1-2H3,(H,15,16)/t10-,13-/m1/s1. The van der Waals surface area contributed by atoms with Crippen LogP contribution >= 0.6 is 0 Å². The van der Waals surface area contributed by atoms with Gasteiger partial charge < -0.3 is 5.11 Å². The Labute approximate surface area is 97.8 Å². The van der Waals surface area contributed by atoms with Gasteiger partial charge >= 0.3 is 5.97 Å². The first-order chi connectivity index (χ1) is 7.59. The Morgan fingerprint density at radius 3 is 2.56 bits per heavy atom. The minimum Gasteiger partial charge on any atom is -0.481 e. The summed E-state index contributed by atoms with van der Waals surface area (Å²) in [5.74, 6) is 0.311. The van der Waals surface area contributed by atoms with E-state index in [1.54, 1.807) is 0 Å². The van der Waals surface area contributed by atoms with E-state index in [2.05, 4.69) is 18.7 Å². The normalized spacial score (nSPS) is 31.9. The highest BCUT2D eigenvalue weighted by molar-refractivity contribution is 5.67. The molecule has 0 bridgehead atoms. The average Bonchev–Trinajstić information content (AvgIpc) is 2.98. The quantitative estimate of drug-likeness (QED) is 0.798. The molecule has 0 unspecified atom stereocenters. The van der Waals surface area contributed by atoms with Gasteiger partial charge in [0.25, 0.3) is 0 Å². The van der Waals surface area contributed by atoms with E-state index in [1.165, 1.54) is 25.8 Å². The third-order valence-electron chi connectivity index (χ3n) is 3.99. The number of hydrogen-bond acceptors (Lipinski definition) is 2. The van der Waals surface area contributed by atoms with Gasteiger partial charge in [0.15, 0.2) is 0 Å². The molecular formula is C13H23NO2. The van der Waals surface area contributed by atoms with E-state index in [0.29, 0.717) is 24.3 Å². The molecule has 0 aromatic heterocycles. The Morgan fingerprint density at radius 1 is 1.38 bits per heavy atom. The van der Waals surface area contributed by atoms with Crippen molar-refractivity contribution in [2.45, 2.75) is 58.0 Å². The second-order valence-corrected chi connectivity index (χ2v) is 5.70. The van der Waals surface area contributed by atoms with Gasteiger partial charge in [-0.2, -0.15) is 0 Å². The third-order valence-corrected chi connectivity index (χ3v) is 3.99. The van der Waals surface area contributed by atoms with Gasteiger partial charge in [-0.1, -0.05) is 13.8 Å². The third kappa shape index (κ3) is 2.57. The average molecular weight is 225 g/mol. The molecule has 92 valence electrons. The summed E-state index contributed by atoms with van der Waals surface area (Å²) in [5.41, 5.74) is 0. The van der Waals surface area contributed by atoms with Crippen LogP contribution in [0.5, 0.6) is 0 Å². The number of piperidine rings is 1. The van der Waals surface area contributed by atoms with Crippen LogP contribution in [0.2, 0.25) is 0 Å². The van der Waals surface area contributed by atoms with Gasteiger partial charge in [-0.15, -0.1) is 0 Å². The zero-order chi connectivity index (χ0) is 11.7. The molecule has 1 saturated heterocycles. The SMILES string of the molecule is CC(C)[C@@H]1[C@@H](CC(=O)O)CCCN1C1CC1. The van der Waals surface area contributed by atoms with Gasteiger partial charge in [-0.05, 0) is 44.1 Å². The van der Waals surface area contributed by atoms with Crippen molar-refractivity contribution in [3.05, 3.63) is 0 Å². The summed E-state index contributed by atoms with van der Waals surface area (Å²) in [6.07, 6.45) is 5.27. The topological polar surface area (TPSA) is 40.5 Å². The number of carbonyl (C=O) groups is 1. The first kappa shape index (κ1) is 11.9. The van der Waals surface area contributed by atoms with Crippen molar-refractivity contribution in [3.63, 3.8) is 0 Å². The molecule has 0 radical (unpaired) electrons. The molecule has 1 saturated carbocycles. The van der Waals surface area contributed by atoms with Crippen molar-refractivity contribution in [1.82, 2.24) is 4.90 Å². The maximum atomic E-state index is 10.9. The lowest BCUT2D eigenvalue weighted by Crippen LogP contribution is -2.49. The van der Waals surface area contributed by atoms with Crippen molar-refractivity contribution in [1.29, 1.82) is 0 Å². The number of nitrogens with zero attached hydrogens (tertiary/aromatic N) is 1. The molecule has 1 heterocycles. The molecule has 16 heavy (non-hydrogen) atoms. The van der Waals surface area contributed by atoms with Crippen LogP contribution < -0.4 is 0 Å². The van der Waals surface area contributed by atoms with Crippen LogP contribution in [-0.2, 0) is 4.79 Å². The zero-order valence-corrected chi connectivity index (χ0v) is 10.4. The lowest BCUT2D eigenvalue weighted by atomic mass is 9.80. The van der Waals surface area contributed by atoms with Crippen LogP contribution in [0.4, 0.5) is 0 Å². The van der Waals surface area contributed by atoms with E-state index in [1.807, 2.05) is 0 Å². The lowest BCUT2D eigenvalue weighted by molar-refractivity contribution is -0.139. The molecule has 3 nitrogen and oxygen atoms in total. The summed E-state index contributed by atoms with van der Waals surface area (Å²) in [6, 6.07) is 1.27. The number of carboxylic acid groups (broad SMARTS) is 1. The first-order valence-corrected chi connectivity index (χ1v) is 6.57. The first-order valence-electron chi connectivity index (χ1n) is 6.57. The van der Waals surface area contributed by atoms with E-state index < -0.39 is 5.97 Å². The molecule has 2 aliphatic rings. The van der Waals surface area contributed by atoms with Crippen molar-refractivity contribution in [3.8, 4) is 0 Å². The Kier molecular flexibility index (Phi) is 3.53. The summed E-state index contributed by atoms with van der Waals surface area (Å²) >= 11 is 0. The number of hydrogen-bond donors (Lipinski definition) is 1. The molecule has 1 aliphatic carbocycles. The van der Waals surface area contributed by atoms with Crippen LogP contribution in [-0.4, -0.2) is 34.6 Å². The number of carboxylic acids is 1. The highest BCUT2D eigenvalue weighted by Gasteiger charge is 2.41. The van der Waals surface area contributed by atoms with E-state index in [0.717, 1.165) is 12.5 Å². The Balaban J connectivity index is 2.06. The molecule has 1 N–H and O–H groups in total. The maximum Gasteiger partial charge on any atom is 0.303 e. The zero-order valence-electron chi connectivity index (χ0n) is 10.4. The predicted molar refractivity (Wildman–Crippen MR) is 63.3 cm³/mol. The number of aliphatic carboxylic acids is 1. The molecule has 2 rings (SSSR count). The van der Waals surface area contributed by atoms with Gasteiger partial charge in [-0.3, -0.25) is 9.69 Å². The molecule has 0 aromatic rings. The monoisotopic (exact) mass is 225 g/mol. The second kappa shape index (κ2) is 4.74. The molecule has 2 fully saturated rings. The molecule has 0 amide bonds. The van der Waals surface area contributed by atoms with Crippen LogP contribution in [0.25, 0.3) is 0 Å². The largest absolute Gasteiger partial charge is 0.481 e. The van der Waals surface area contributed by atoms with Crippen LogP contribution in [0.3, 0.4) is 0 Å². The summed E-state index contributed by atoms with van der Waals surface area (Å²) < 4.78 is 0.